The molecule has 14 nitrogen and oxygen atoms in total. The van der Waals surface area contributed by atoms with Crippen molar-refractivity contribution in [3.05, 3.63) is 30.6 Å². The highest BCUT2D eigenvalue weighted by Crippen LogP contribution is 2.45. The van der Waals surface area contributed by atoms with Crippen LogP contribution in [0.2, 0.25) is 0 Å². The van der Waals surface area contributed by atoms with Crippen LogP contribution < -0.4 is 10.2 Å². The highest BCUT2D eigenvalue weighted by Gasteiger charge is 2.51. The Morgan fingerprint density at radius 3 is 2.59 bits per heavy atom. The average Bonchev–Trinajstić information content (AvgIpc) is 3.35. The van der Waals surface area contributed by atoms with Crippen LogP contribution in [0, 0.1) is 11.8 Å². The summed E-state index contributed by atoms with van der Waals surface area (Å²) in [6.45, 7) is 3.00. The van der Waals surface area contributed by atoms with Crippen LogP contribution in [0.4, 0.5) is 16.6 Å². The monoisotopic (exact) mass is 561 g/mol. The second kappa shape index (κ2) is 10.5. The van der Waals surface area contributed by atoms with E-state index in [0.717, 1.165) is 41.3 Å². The first kappa shape index (κ1) is 26.7. The zero-order chi connectivity index (χ0) is 28.8. The molecule has 1 N–H and O–H groups in total. The lowest BCUT2D eigenvalue weighted by Crippen LogP contribution is -2.66. The maximum atomic E-state index is 13.3. The Morgan fingerprint density at radius 2 is 1.88 bits per heavy atom. The fourth-order valence-electron chi connectivity index (χ4n) is 5.66. The van der Waals surface area contributed by atoms with Gasteiger partial charge in [-0.15, -0.1) is 0 Å². The quantitative estimate of drug-likeness (QED) is 0.457. The van der Waals surface area contributed by atoms with Gasteiger partial charge in [0.05, 0.1) is 18.6 Å². The van der Waals surface area contributed by atoms with Gasteiger partial charge in [0.15, 0.2) is 18.0 Å². The molecule has 3 aliphatic heterocycles. The van der Waals surface area contributed by atoms with Crippen molar-refractivity contribution in [2.75, 3.05) is 50.6 Å². The van der Waals surface area contributed by atoms with Crippen molar-refractivity contribution in [1.82, 2.24) is 29.7 Å². The number of nitrogens with one attached hydrogen (secondary N) is 1. The molecule has 5 atom stereocenters. The Bertz CT molecular complexity index is 1410. The molecule has 2 aromatic rings. The molecule has 0 radical (unpaired) electrons. The van der Waals surface area contributed by atoms with Gasteiger partial charge < -0.3 is 24.8 Å². The van der Waals surface area contributed by atoms with Crippen LogP contribution in [0.1, 0.15) is 13.3 Å². The van der Waals surface area contributed by atoms with E-state index in [1.165, 1.54) is 36.7 Å². The predicted octanol–water partition coefficient (Wildman–Crippen LogP) is 0.470. The molecule has 3 fully saturated rings. The van der Waals surface area contributed by atoms with Gasteiger partial charge in [0.1, 0.15) is 18.5 Å². The number of aromatic nitrogens is 3. The van der Waals surface area contributed by atoms with Gasteiger partial charge in [0.2, 0.25) is 11.9 Å². The number of anilines is 2. The fourth-order valence-corrected chi connectivity index (χ4v) is 5.66. The largest absolute Gasteiger partial charge is 0.377 e. The molecule has 0 aromatic carbocycles. The number of fused-ring (bicyclic) bond motifs is 2. The van der Waals surface area contributed by atoms with Crippen LogP contribution in [-0.2, 0) is 19.1 Å². The van der Waals surface area contributed by atoms with Crippen molar-refractivity contribution in [3.8, 4) is 11.3 Å². The van der Waals surface area contributed by atoms with Gasteiger partial charge >= 0.3 is 6.03 Å². The number of Topliss-reactive ketones (excluding diaryl/α,β-unsaturated/α-hetero) is 1. The summed E-state index contributed by atoms with van der Waals surface area (Å²) in [6, 6.07) is 2.83. The summed E-state index contributed by atoms with van der Waals surface area (Å²) >= 11 is 0. The van der Waals surface area contributed by atoms with E-state index in [9.17, 15) is 19.2 Å². The number of ketones is 1. The van der Waals surface area contributed by atoms with Crippen molar-refractivity contribution in [2.45, 2.75) is 31.6 Å². The van der Waals surface area contributed by atoms with Crippen molar-refractivity contribution in [2.24, 2.45) is 16.8 Å². The van der Waals surface area contributed by atoms with Gasteiger partial charge in [-0.25, -0.2) is 24.7 Å². The van der Waals surface area contributed by atoms with Gasteiger partial charge in [-0.05, 0) is 37.3 Å². The van der Waals surface area contributed by atoms with E-state index in [-0.39, 0.29) is 6.61 Å². The van der Waals surface area contributed by atoms with Crippen molar-refractivity contribution in [1.29, 1.82) is 0 Å². The third-order valence-electron chi connectivity index (χ3n) is 8.07. The normalized spacial score (nSPS) is 25.3. The number of ether oxygens (including phenoxy) is 1. The van der Waals surface area contributed by atoms with Crippen LogP contribution in [0.3, 0.4) is 0 Å². The van der Waals surface area contributed by atoms with Crippen LogP contribution in [0.5, 0.6) is 0 Å². The smallest absolute Gasteiger partial charge is 0.328 e. The minimum Gasteiger partial charge on any atom is -0.377 e. The number of hydrogen-bond donors (Lipinski definition) is 1. The lowest BCUT2D eigenvalue weighted by atomic mass is 10.1. The fraction of sp³-hybridized carbons (Fsp3) is 0.481. The zero-order valence-corrected chi connectivity index (χ0v) is 23.0. The topological polar surface area (TPSA) is 154 Å². The van der Waals surface area contributed by atoms with Gasteiger partial charge in [-0.3, -0.25) is 19.3 Å². The molecule has 4 amide bonds. The molecule has 0 spiro atoms. The highest BCUT2D eigenvalue weighted by molar-refractivity contribution is 6.05. The number of amides is 4. The maximum absolute atomic E-state index is 13.3. The van der Waals surface area contributed by atoms with E-state index >= 15 is 0 Å². The van der Waals surface area contributed by atoms with Gasteiger partial charge in [0, 0.05) is 45.2 Å². The summed E-state index contributed by atoms with van der Waals surface area (Å²) < 4.78 is 4.83. The predicted molar refractivity (Wildman–Crippen MR) is 147 cm³/mol. The molecular formula is C27H31N9O5. The molecule has 2 saturated heterocycles. The molecule has 1 aliphatic carbocycles. The van der Waals surface area contributed by atoms with E-state index in [1.54, 1.807) is 31.5 Å². The molecule has 214 valence electrons. The van der Waals surface area contributed by atoms with Crippen LogP contribution in [0.25, 0.3) is 11.3 Å². The first-order chi connectivity index (χ1) is 19.7. The summed E-state index contributed by atoms with van der Waals surface area (Å²) in [4.78, 5) is 75.3. The molecule has 0 bridgehead atoms. The number of hydrogen-bond acceptors (Lipinski definition) is 11. The van der Waals surface area contributed by atoms with E-state index in [1.807, 2.05) is 6.07 Å². The SMILES string of the molecule is COCC(=O)CN1C(=O)C2C(N=CN2[C@@H](C)C(=O)Nc2cccc(-c3cnc(N4CC5CC5C4)nc3)n2)N(C)C1=O. The number of rotatable bonds is 9. The maximum Gasteiger partial charge on any atom is 0.328 e. The number of pyridine rings is 1. The molecule has 14 heteroatoms. The molecular weight excluding hydrogens is 530 g/mol. The number of imide groups is 1. The molecule has 2 aromatic heterocycles. The Labute approximate surface area is 236 Å². The van der Waals surface area contributed by atoms with Gasteiger partial charge in [-0.1, -0.05) is 6.07 Å². The minimum absolute atomic E-state index is 0.227. The number of piperidine rings is 1. The van der Waals surface area contributed by atoms with E-state index < -0.39 is 48.4 Å². The molecule has 41 heavy (non-hydrogen) atoms. The minimum atomic E-state index is -0.953. The Morgan fingerprint density at radius 1 is 1.15 bits per heavy atom. The first-order valence-electron chi connectivity index (χ1n) is 13.5. The second-order valence-electron chi connectivity index (χ2n) is 10.9. The summed E-state index contributed by atoms with van der Waals surface area (Å²) in [5.74, 6) is 1.16. The summed E-state index contributed by atoms with van der Waals surface area (Å²) in [6.07, 6.45) is 5.37. The zero-order valence-electron chi connectivity index (χ0n) is 23.0. The van der Waals surface area contributed by atoms with Crippen molar-refractivity contribution < 1.29 is 23.9 Å². The second-order valence-corrected chi connectivity index (χ2v) is 10.9. The van der Waals surface area contributed by atoms with Crippen LogP contribution in [-0.4, -0.2) is 118 Å². The molecule has 5 heterocycles. The van der Waals surface area contributed by atoms with Crippen LogP contribution >= 0.6 is 0 Å². The third-order valence-corrected chi connectivity index (χ3v) is 8.07. The van der Waals surface area contributed by atoms with Crippen molar-refractivity contribution >= 4 is 41.7 Å². The number of carbonyl (C=O) groups excluding carboxylic acids is 4. The number of carbonyl (C=O) groups is 4. The summed E-state index contributed by atoms with van der Waals surface area (Å²) in [7, 11) is 2.86. The average molecular weight is 562 g/mol. The van der Waals surface area contributed by atoms with E-state index in [4.69, 9.17) is 4.74 Å². The van der Waals surface area contributed by atoms with Gasteiger partial charge in [-0.2, -0.15) is 0 Å². The Balaban J connectivity index is 1.13. The standard InChI is InChI=1S/C27H31N9O5/c1-15(36-14-30-23-22(36)25(39)35(27(40)33(23)2)12-19(37)13-41-3)24(38)32-21-6-4-5-20(31-21)18-8-28-26(29-9-18)34-10-16-7-17(16)11-34/h4-6,8-9,14-17,22-23H,7,10-13H2,1-3H3,(H,31,32,38)/t15-,16?,17?,22?,23?/m0/s1. The molecule has 4 aliphatic rings. The summed E-state index contributed by atoms with van der Waals surface area (Å²) in [5, 5.41) is 2.81. The Hall–Kier alpha value is -4.46. The third kappa shape index (κ3) is 4.99. The van der Waals surface area contributed by atoms with Crippen molar-refractivity contribution in [3.63, 3.8) is 0 Å². The lowest BCUT2D eigenvalue weighted by molar-refractivity contribution is -0.142. The van der Waals surface area contributed by atoms with E-state index in [2.05, 4.69) is 30.2 Å². The number of nitrogens with zero attached hydrogens (tertiary/aromatic N) is 8. The van der Waals surface area contributed by atoms with E-state index in [0.29, 0.717) is 11.5 Å². The number of methoxy groups -OCH3 is 1. The highest BCUT2D eigenvalue weighted by atomic mass is 16.5. The number of aliphatic imine (C=N–C) groups is 1. The van der Waals surface area contributed by atoms with Gasteiger partial charge in [0.25, 0.3) is 5.91 Å². The number of urea groups is 1. The number of likely N-dealkylation sites (N-methyl/N-ethyl adjacent to an activating group) is 1. The van der Waals surface area contributed by atoms with Crippen LogP contribution in [0.15, 0.2) is 35.6 Å². The molecule has 1 saturated carbocycles. The molecule has 4 unspecified atom stereocenters. The Kier molecular flexibility index (Phi) is 6.85. The first-order valence-corrected chi connectivity index (χ1v) is 13.5. The lowest BCUT2D eigenvalue weighted by Gasteiger charge is -2.42. The molecule has 6 rings (SSSR count). The summed E-state index contributed by atoms with van der Waals surface area (Å²) in [5.41, 5.74) is 1.33.